The molecule has 0 heterocycles. The van der Waals surface area contributed by atoms with Gasteiger partial charge in [-0.05, 0) is 25.2 Å². The maximum atomic E-state index is 12.9. The molecule has 0 aromatic carbocycles. The zero-order valence-corrected chi connectivity index (χ0v) is 45.2. The van der Waals surface area contributed by atoms with Gasteiger partial charge in [-0.1, -0.05) is 304 Å². The molecule has 0 fully saturated rings. The van der Waals surface area contributed by atoms with Crippen molar-refractivity contribution < 1.29 is 28.6 Å². The first kappa shape index (κ1) is 64.4. The van der Waals surface area contributed by atoms with E-state index in [1.54, 1.807) is 0 Å². The molecule has 0 aliphatic rings. The van der Waals surface area contributed by atoms with Crippen LogP contribution in [0.3, 0.4) is 0 Å². The van der Waals surface area contributed by atoms with Gasteiger partial charge in [0.25, 0.3) is 0 Å². The standard InChI is InChI=1S/C60H116O6/c1-5-7-9-11-13-15-17-19-20-21-22-25-29-33-37-41-45-49-53-60(63)66-57(54-64-58(61)51-47-43-39-35-31-18-16-14-12-10-8-6-2)55-65-59(62)52-48-44-40-36-32-28-26-23-24-27-30-34-38-42-46-50-56(3)4/h56-57H,5-55H2,1-4H3/t57-/m0/s1. The van der Waals surface area contributed by atoms with Gasteiger partial charge in [-0.2, -0.15) is 0 Å². The predicted molar refractivity (Wildman–Crippen MR) is 284 cm³/mol. The number of hydrogen-bond acceptors (Lipinski definition) is 6. The van der Waals surface area contributed by atoms with E-state index in [-0.39, 0.29) is 31.1 Å². The second-order valence-electron chi connectivity index (χ2n) is 21.1. The highest BCUT2D eigenvalue weighted by Gasteiger charge is 2.19. The Hall–Kier alpha value is -1.59. The third-order valence-electron chi connectivity index (χ3n) is 13.8. The minimum Gasteiger partial charge on any atom is -0.462 e. The van der Waals surface area contributed by atoms with E-state index in [0.717, 1.165) is 63.7 Å². The maximum absolute atomic E-state index is 12.9. The monoisotopic (exact) mass is 933 g/mol. The Bertz CT molecular complexity index is 996. The van der Waals surface area contributed by atoms with E-state index in [9.17, 15) is 14.4 Å². The average Bonchev–Trinajstić information content (AvgIpc) is 3.30. The summed E-state index contributed by atoms with van der Waals surface area (Å²) in [4.78, 5) is 38.2. The van der Waals surface area contributed by atoms with Gasteiger partial charge in [0, 0.05) is 19.3 Å². The second-order valence-corrected chi connectivity index (χ2v) is 21.1. The Balaban J connectivity index is 4.26. The van der Waals surface area contributed by atoms with Gasteiger partial charge < -0.3 is 14.2 Å². The number of esters is 3. The first-order valence-electron chi connectivity index (χ1n) is 29.9. The molecule has 6 nitrogen and oxygen atoms in total. The summed E-state index contributed by atoms with van der Waals surface area (Å²) in [6, 6.07) is 0. The molecule has 66 heavy (non-hydrogen) atoms. The molecular formula is C60H116O6. The molecule has 1 atom stereocenters. The van der Waals surface area contributed by atoms with Crippen LogP contribution in [0.25, 0.3) is 0 Å². The molecule has 0 spiro atoms. The van der Waals surface area contributed by atoms with E-state index in [1.807, 2.05) is 0 Å². The van der Waals surface area contributed by atoms with Crippen LogP contribution in [0.1, 0.15) is 342 Å². The molecule has 0 radical (unpaired) electrons. The van der Waals surface area contributed by atoms with Crippen molar-refractivity contribution in [2.75, 3.05) is 13.2 Å². The summed E-state index contributed by atoms with van der Waals surface area (Å²) < 4.78 is 16.9. The van der Waals surface area contributed by atoms with Crippen LogP contribution in [0.15, 0.2) is 0 Å². The van der Waals surface area contributed by atoms with Crippen molar-refractivity contribution in [2.45, 2.75) is 348 Å². The highest BCUT2D eigenvalue weighted by atomic mass is 16.6. The number of carbonyl (C=O) groups excluding carboxylic acids is 3. The lowest BCUT2D eigenvalue weighted by Crippen LogP contribution is -2.30. The molecular weight excluding hydrogens is 817 g/mol. The van der Waals surface area contributed by atoms with Gasteiger partial charge in [-0.15, -0.1) is 0 Å². The molecule has 0 rings (SSSR count). The molecule has 0 saturated heterocycles. The van der Waals surface area contributed by atoms with Crippen LogP contribution in [0.2, 0.25) is 0 Å². The minimum absolute atomic E-state index is 0.0616. The van der Waals surface area contributed by atoms with Gasteiger partial charge in [0.1, 0.15) is 13.2 Å². The topological polar surface area (TPSA) is 78.9 Å². The van der Waals surface area contributed by atoms with Gasteiger partial charge in [-0.25, -0.2) is 0 Å². The molecule has 0 N–H and O–H groups in total. The number of unbranched alkanes of at least 4 members (excludes halogenated alkanes) is 42. The second kappa shape index (κ2) is 54.4. The highest BCUT2D eigenvalue weighted by Crippen LogP contribution is 2.18. The Morgan fingerprint density at radius 3 is 0.742 bits per heavy atom. The van der Waals surface area contributed by atoms with Crippen LogP contribution >= 0.6 is 0 Å². The fraction of sp³-hybridized carbons (Fsp3) is 0.950. The first-order chi connectivity index (χ1) is 32.4. The van der Waals surface area contributed by atoms with Crippen LogP contribution in [0.4, 0.5) is 0 Å². The summed E-state index contributed by atoms with van der Waals surface area (Å²) >= 11 is 0. The Kier molecular flexibility index (Phi) is 53.0. The summed E-state index contributed by atoms with van der Waals surface area (Å²) in [5.41, 5.74) is 0. The molecule has 392 valence electrons. The summed E-state index contributed by atoms with van der Waals surface area (Å²) in [7, 11) is 0. The van der Waals surface area contributed by atoms with Crippen LogP contribution < -0.4 is 0 Å². The van der Waals surface area contributed by atoms with Crippen molar-refractivity contribution in [3.63, 3.8) is 0 Å². The van der Waals surface area contributed by atoms with Gasteiger partial charge >= 0.3 is 17.9 Å². The van der Waals surface area contributed by atoms with Crippen molar-refractivity contribution in [1.82, 2.24) is 0 Å². The maximum Gasteiger partial charge on any atom is 0.306 e. The Morgan fingerprint density at radius 1 is 0.288 bits per heavy atom. The van der Waals surface area contributed by atoms with Crippen molar-refractivity contribution >= 4 is 17.9 Å². The van der Waals surface area contributed by atoms with E-state index in [2.05, 4.69) is 27.7 Å². The van der Waals surface area contributed by atoms with Crippen LogP contribution in [0.5, 0.6) is 0 Å². The Labute approximate surface area is 412 Å². The molecule has 0 unspecified atom stereocenters. The summed E-state index contributed by atoms with van der Waals surface area (Å²) in [6.45, 7) is 9.07. The quantitative estimate of drug-likeness (QED) is 0.0343. The molecule has 0 aromatic rings. The van der Waals surface area contributed by atoms with E-state index in [4.69, 9.17) is 14.2 Å². The first-order valence-corrected chi connectivity index (χ1v) is 29.9. The molecule has 0 aliphatic carbocycles. The molecule has 6 heteroatoms. The number of rotatable bonds is 55. The molecule has 0 aromatic heterocycles. The summed E-state index contributed by atoms with van der Waals surface area (Å²) in [6.07, 6.45) is 59.5. The lowest BCUT2D eigenvalue weighted by atomic mass is 10.0. The zero-order valence-electron chi connectivity index (χ0n) is 45.2. The van der Waals surface area contributed by atoms with Crippen molar-refractivity contribution in [3.8, 4) is 0 Å². The fourth-order valence-electron chi connectivity index (χ4n) is 9.28. The van der Waals surface area contributed by atoms with E-state index >= 15 is 0 Å². The SMILES string of the molecule is CCCCCCCCCCCCCCCCCCCCC(=O)O[C@@H](COC(=O)CCCCCCCCCCCCCC)COC(=O)CCCCCCCCCCCCCCCCCC(C)C. The Morgan fingerprint density at radius 2 is 0.500 bits per heavy atom. The number of carbonyl (C=O) groups is 3. The van der Waals surface area contributed by atoms with Gasteiger partial charge in [0.2, 0.25) is 0 Å². The fourth-order valence-corrected chi connectivity index (χ4v) is 9.28. The minimum atomic E-state index is -0.762. The van der Waals surface area contributed by atoms with Crippen molar-refractivity contribution in [2.24, 2.45) is 5.92 Å². The largest absolute Gasteiger partial charge is 0.462 e. The third kappa shape index (κ3) is 53.4. The zero-order chi connectivity index (χ0) is 48.1. The summed E-state index contributed by atoms with van der Waals surface area (Å²) in [5, 5.41) is 0. The molecule has 0 saturated carbocycles. The van der Waals surface area contributed by atoms with Gasteiger partial charge in [0.05, 0.1) is 0 Å². The number of hydrogen-bond donors (Lipinski definition) is 0. The highest BCUT2D eigenvalue weighted by molar-refractivity contribution is 5.71. The van der Waals surface area contributed by atoms with Crippen LogP contribution in [-0.4, -0.2) is 37.2 Å². The lowest BCUT2D eigenvalue weighted by molar-refractivity contribution is -0.167. The van der Waals surface area contributed by atoms with Gasteiger partial charge in [-0.3, -0.25) is 14.4 Å². The van der Waals surface area contributed by atoms with Crippen molar-refractivity contribution in [3.05, 3.63) is 0 Å². The number of ether oxygens (including phenoxy) is 3. The molecule has 0 bridgehead atoms. The third-order valence-corrected chi connectivity index (χ3v) is 13.8. The van der Waals surface area contributed by atoms with E-state index in [0.29, 0.717) is 19.3 Å². The molecule has 0 aliphatic heterocycles. The summed E-state index contributed by atoms with van der Waals surface area (Å²) in [5.74, 6) is 0.0161. The van der Waals surface area contributed by atoms with Crippen LogP contribution in [-0.2, 0) is 28.6 Å². The normalized spacial score (nSPS) is 12.0. The average molecular weight is 934 g/mol. The smallest absolute Gasteiger partial charge is 0.306 e. The van der Waals surface area contributed by atoms with Crippen molar-refractivity contribution in [1.29, 1.82) is 0 Å². The van der Waals surface area contributed by atoms with Gasteiger partial charge in [0.15, 0.2) is 6.10 Å². The lowest BCUT2D eigenvalue weighted by Gasteiger charge is -2.18. The molecule has 0 amide bonds. The van der Waals surface area contributed by atoms with E-state index in [1.165, 1.54) is 238 Å². The van der Waals surface area contributed by atoms with Crippen LogP contribution in [0, 0.1) is 5.92 Å². The predicted octanol–water partition coefficient (Wildman–Crippen LogP) is 19.8. The van der Waals surface area contributed by atoms with E-state index < -0.39 is 6.10 Å².